The summed E-state index contributed by atoms with van der Waals surface area (Å²) in [5.41, 5.74) is 6.21. The van der Waals surface area contributed by atoms with Gasteiger partial charge >= 0.3 is 0 Å². The van der Waals surface area contributed by atoms with E-state index in [9.17, 15) is 14.4 Å². The van der Waals surface area contributed by atoms with Crippen LogP contribution in [0.4, 0.5) is 0 Å². The number of thiophene rings is 1. The summed E-state index contributed by atoms with van der Waals surface area (Å²) in [7, 11) is 0. The topological polar surface area (TPSA) is 133 Å². The monoisotopic (exact) mass is 420 g/mol. The van der Waals surface area contributed by atoms with Crippen LogP contribution in [0.5, 0.6) is 0 Å². The van der Waals surface area contributed by atoms with Gasteiger partial charge in [0.15, 0.2) is 0 Å². The van der Waals surface area contributed by atoms with Gasteiger partial charge < -0.3 is 11.1 Å². The van der Waals surface area contributed by atoms with Crippen LogP contribution in [0.1, 0.15) is 16.1 Å². The highest BCUT2D eigenvalue weighted by atomic mass is 32.1. The number of nitrogens with one attached hydrogen (secondary N) is 1. The molecule has 4 aromatic heterocycles. The zero-order valence-electron chi connectivity index (χ0n) is 15.6. The lowest BCUT2D eigenvalue weighted by Crippen LogP contribution is -2.47. The molecule has 0 saturated carbocycles. The fourth-order valence-electron chi connectivity index (χ4n) is 3.07. The third-order valence-corrected chi connectivity index (χ3v) is 5.50. The number of imidazole rings is 1. The molecule has 1 unspecified atom stereocenters. The number of nitrogens with two attached hydrogens (primary N) is 1. The number of primary amides is 1. The fraction of sp³-hybridized carbons (Fsp3) is 0.100. The van der Waals surface area contributed by atoms with Gasteiger partial charge in [0.1, 0.15) is 23.9 Å². The Kier molecular flexibility index (Phi) is 5.31. The Bertz CT molecular complexity index is 1230. The fourth-order valence-corrected chi connectivity index (χ4v) is 4.01. The van der Waals surface area contributed by atoms with Crippen molar-refractivity contribution in [3.63, 3.8) is 0 Å². The van der Waals surface area contributed by atoms with E-state index < -0.39 is 23.6 Å². The van der Waals surface area contributed by atoms with Gasteiger partial charge in [-0.1, -0.05) is 6.07 Å². The normalized spacial score (nSPS) is 11.9. The molecule has 10 heteroatoms. The molecule has 150 valence electrons. The van der Waals surface area contributed by atoms with Gasteiger partial charge in [-0.3, -0.25) is 23.9 Å². The number of hydrogen-bond donors (Lipinski definition) is 2. The predicted molar refractivity (Wildman–Crippen MR) is 110 cm³/mol. The van der Waals surface area contributed by atoms with Gasteiger partial charge in [-0.2, -0.15) is 0 Å². The lowest BCUT2D eigenvalue weighted by molar-refractivity contribution is -0.137. The second-order valence-corrected chi connectivity index (χ2v) is 7.34. The van der Waals surface area contributed by atoms with E-state index in [0.29, 0.717) is 5.82 Å². The van der Waals surface area contributed by atoms with Crippen molar-refractivity contribution in [3.05, 3.63) is 72.0 Å². The summed E-state index contributed by atoms with van der Waals surface area (Å²) in [6.07, 6.45) is 7.89. The average Bonchev–Trinajstić information content (AvgIpc) is 3.41. The molecule has 4 rings (SSSR count). The van der Waals surface area contributed by atoms with E-state index in [1.165, 1.54) is 28.4 Å². The predicted octanol–water partition coefficient (Wildman–Crippen LogP) is 1.27. The quantitative estimate of drug-likeness (QED) is 0.433. The van der Waals surface area contributed by atoms with Crippen LogP contribution in [0.3, 0.4) is 0 Å². The molecule has 9 nitrogen and oxygen atoms in total. The smallest absolute Gasteiger partial charge is 0.287 e. The van der Waals surface area contributed by atoms with Crippen LogP contribution >= 0.6 is 11.3 Å². The highest BCUT2D eigenvalue weighted by Crippen LogP contribution is 2.26. The third-order valence-electron chi connectivity index (χ3n) is 4.51. The van der Waals surface area contributed by atoms with E-state index in [4.69, 9.17) is 5.73 Å². The van der Waals surface area contributed by atoms with Crippen molar-refractivity contribution in [2.24, 2.45) is 5.73 Å². The molecular weight excluding hydrogens is 404 g/mol. The minimum absolute atomic E-state index is 0.120. The summed E-state index contributed by atoms with van der Waals surface area (Å²) >= 11 is 1.47. The van der Waals surface area contributed by atoms with Gasteiger partial charge in [-0.25, -0.2) is 9.97 Å². The van der Waals surface area contributed by atoms with Crippen LogP contribution in [0, 0.1) is 0 Å². The van der Waals surface area contributed by atoms with Crippen LogP contribution in [0.2, 0.25) is 0 Å². The maximum atomic E-state index is 12.9. The number of hydrogen-bond acceptors (Lipinski definition) is 7. The summed E-state index contributed by atoms with van der Waals surface area (Å²) in [6.45, 7) is 0. The molecule has 4 aromatic rings. The van der Waals surface area contributed by atoms with E-state index in [1.807, 2.05) is 11.4 Å². The highest BCUT2D eigenvalue weighted by molar-refractivity contribution is 7.17. The minimum atomic E-state index is -1.12. The summed E-state index contributed by atoms with van der Waals surface area (Å²) < 4.78 is 2.43. The zero-order chi connectivity index (χ0) is 21.1. The molecule has 0 aliphatic rings. The number of rotatable bonds is 7. The standard InChI is InChI=1S/C20H16N6O3S/c21-19(28)18(27)14(7-12-10-30-16-9-22-6-4-13(12)16)25-20(29)15-8-23-11-26(15)17-3-1-2-5-24-17/h1-6,8-11,14H,7H2,(H2,21,28)(H,25,29). The molecule has 0 bridgehead atoms. The molecule has 0 radical (unpaired) electrons. The Balaban J connectivity index is 1.62. The van der Waals surface area contributed by atoms with Gasteiger partial charge in [-0.05, 0) is 34.5 Å². The molecule has 0 aromatic carbocycles. The van der Waals surface area contributed by atoms with Crippen molar-refractivity contribution in [3.8, 4) is 5.82 Å². The Morgan fingerprint density at radius 2 is 2.00 bits per heavy atom. The lowest BCUT2D eigenvalue weighted by atomic mass is 10.0. The minimum Gasteiger partial charge on any atom is -0.363 e. The van der Waals surface area contributed by atoms with Crippen molar-refractivity contribution >= 4 is 39.0 Å². The SMILES string of the molecule is NC(=O)C(=O)C(Cc1csc2cnccc12)NC(=O)c1cncn1-c1ccccn1. The number of aromatic nitrogens is 4. The molecule has 30 heavy (non-hydrogen) atoms. The first-order valence-electron chi connectivity index (χ1n) is 8.93. The first-order chi connectivity index (χ1) is 14.5. The molecule has 4 heterocycles. The van der Waals surface area contributed by atoms with Crippen LogP contribution < -0.4 is 11.1 Å². The summed E-state index contributed by atoms with van der Waals surface area (Å²) in [5.74, 6) is -2.06. The van der Waals surface area contributed by atoms with E-state index in [0.717, 1.165) is 15.6 Å². The summed E-state index contributed by atoms with van der Waals surface area (Å²) in [6, 6.07) is 5.96. The van der Waals surface area contributed by atoms with E-state index in [2.05, 4.69) is 20.3 Å². The van der Waals surface area contributed by atoms with Crippen molar-refractivity contribution in [1.29, 1.82) is 0 Å². The number of pyridine rings is 2. The first kappa shape index (κ1) is 19.4. The molecule has 0 aliphatic heterocycles. The van der Waals surface area contributed by atoms with E-state index in [-0.39, 0.29) is 12.1 Å². The number of fused-ring (bicyclic) bond motifs is 1. The molecule has 3 N–H and O–H groups in total. The lowest BCUT2D eigenvalue weighted by Gasteiger charge is -2.16. The maximum Gasteiger partial charge on any atom is 0.287 e. The second-order valence-electron chi connectivity index (χ2n) is 6.43. The largest absolute Gasteiger partial charge is 0.363 e. The molecule has 0 saturated heterocycles. The van der Waals surface area contributed by atoms with Gasteiger partial charge in [0.05, 0.1) is 10.9 Å². The Labute approximate surface area is 174 Å². The third kappa shape index (κ3) is 3.80. The molecule has 0 aliphatic carbocycles. The first-order valence-corrected chi connectivity index (χ1v) is 9.81. The van der Waals surface area contributed by atoms with Gasteiger partial charge in [-0.15, -0.1) is 11.3 Å². The number of ketones is 1. The zero-order valence-corrected chi connectivity index (χ0v) is 16.4. The van der Waals surface area contributed by atoms with Crippen molar-refractivity contribution < 1.29 is 14.4 Å². The summed E-state index contributed by atoms with van der Waals surface area (Å²) in [5, 5.41) is 5.41. The Hall–Kier alpha value is -3.92. The van der Waals surface area contributed by atoms with Crippen molar-refractivity contribution in [2.75, 3.05) is 0 Å². The van der Waals surface area contributed by atoms with E-state index in [1.54, 1.807) is 36.8 Å². The second kappa shape index (κ2) is 8.21. The Morgan fingerprint density at radius 1 is 1.13 bits per heavy atom. The number of nitrogens with zero attached hydrogens (tertiary/aromatic N) is 4. The van der Waals surface area contributed by atoms with Crippen molar-refractivity contribution in [1.82, 2.24) is 24.8 Å². The number of amides is 2. The van der Waals surface area contributed by atoms with Crippen molar-refractivity contribution in [2.45, 2.75) is 12.5 Å². The molecule has 2 amide bonds. The average molecular weight is 420 g/mol. The molecule has 0 spiro atoms. The van der Waals surface area contributed by atoms with Crippen LogP contribution in [-0.2, 0) is 16.0 Å². The molecule has 1 atom stereocenters. The summed E-state index contributed by atoms with van der Waals surface area (Å²) in [4.78, 5) is 49.2. The van der Waals surface area contributed by atoms with Gasteiger partial charge in [0, 0.05) is 25.0 Å². The molecule has 0 fully saturated rings. The van der Waals surface area contributed by atoms with Gasteiger partial charge in [0.2, 0.25) is 5.78 Å². The van der Waals surface area contributed by atoms with Crippen LogP contribution in [-0.4, -0.2) is 43.2 Å². The maximum absolute atomic E-state index is 12.9. The highest BCUT2D eigenvalue weighted by Gasteiger charge is 2.28. The van der Waals surface area contributed by atoms with E-state index >= 15 is 0 Å². The number of carbonyl (C=O) groups excluding carboxylic acids is 3. The number of carbonyl (C=O) groups is 3. The van der Waals surface area contributed by atoms with Gasteiger partial charge in [0.25, 0.3) is 11.8 Å². The van der Waals surface area contributed by atoms with Crippen LogP contribution in [0.25, 0.3) is 15.9 Å². The Morgan fingerprint density at radius 3 is 2.77 bits per heavy atom. The molecular formula is C20H16N6O3S. The van der Waals surface area contributed by atoms with Crippen LogP contribution in [0.15, 0.2) is 60.8 Å². The number of Topliss-reactive ketones (excluding diaryl/α,β-unsaturated/α-hetero) is 1.